The average molecular weight is 500 g/mol. The number of carbonyl (C=O) groups excluding carboxylic acids is 1. The van der Waals surface area contributed by atoms with Crippen LogP contribution in [0.5, 0.6) is 0 Å². The standard InChI is InChI=1S/C23H20BF3N4O3S/c25-23(26,27)16-9-14(24-13-30-18-4-2-1-3-17(18)24)5-6-20(16)35(33,34)15-10-19(29-11-15)21(32)31-22(12-28)7-8-22/h1-6,9,13,15,19,29H,7-8,10-11H2,(H,31,32)/t15?,19-/m0/s1. The third kappa shape index (κ3) is 4.23. The number of carbonyl (C=O) groups is 1. The van der Waals surface area contributed by atoms with Crippen LogP contribution in [0.1, 0.15) is 24.8 Å². The zero-order valence-electron chi connectivity index (χ0n) is 18.3. The number of halogens is 3. The van der Waals surface area contributed by atoms with E-state index in [0.29, 0.717) is 18.5 Å². The molecule has 0 bridgehead atoms. The largest absolute Gasteiger partial charge is 0.417 e. The van der Waals surface area contributed by atoms with Crippen molar-refractivity contribution in [2.75, 3.05) is 6.54 Å². The normalized spacial score (nSPS) is 22.5. The molecule has 5 rings (SSSR count). The molecule has 1 unspecified atom stereocenters. The van der Waals surface area contributed by atoms with Crippen LogP contribution in [-0.4, -0.2) is 50.5 Å². The van der Waals surface area contributed by atoms with E-state index in [-0.39, 0.29) is 18.4 Å². The smallest absolute Gasteiger partial charge is 0.336 e. The van der Waals surface area contributed by atoms with Gasteiger partial charge in [-0.25, -0.2) is 8.42 Å². The number of nitriles is 1. The van der Waals surface area contributed by atoms with E-state index in [1.165, 1.54) is 6.07 Å². The number of alkyl halides is 3. The van der Waals surface area contributed by atoms with Gasteiger partial charge in [-0.2, -0.15) is 18.4 Å². The molecule has 2 aromatic carbocycles. The Labute approximate surface area is 200 Å². The van der Waals surface area contributed by atoms with Crippen molar-refractivity contribution in [1.82, 2.24) is 10.6 Å². The van der Waals surface area contributed by atoms with Crippen LogP contribution >= 0.6 is 0 Å². The highest BCUT2D eigenvalue weighted by molar-refractivity contribution is 7.92. The molecule has 180 valence electrons. The van der Waals surface area contributed by atoms with Crippen LogP contribution in [0.2, 0.25) is 0 Å². The van der Waals surface area contributed by atoms with Gasteiger partial charge in [0.15, 0.2) is 9.84 Å². The molecule has 12 heteroatoms. The predicted molar refractivity (Wildman–Crippen MR) is 124 cm³/mol. The molecular weight excluding hydrogens is 480 g/mol. The van der Waals surface area contributed by atoms with Crippen LogP contribution in [0.15, 0.2) is 52.4 Å². The maximum Gasteiger partial charge on any atom is 0.417 e. The fourth-order valence-electron chi connectivity index (χ4n) is 4.61. The molecule has 2 aliphatic heterocycles. The second-order valence-corrected chi connectivity index (χ2v) is 11.3. The lowest BCUT2D eigenvalue weighted by atomic mass is 9.42. The van der Waals surface area contributed by atoms with Crippen molar-refractivity contribution in [2.45, 2.75) is 47.2 Å². The SMILES string of the molecule is N#CC1(NC(=O)[C@@H]2CC(S(=O)(=O)c3ccc(B4C=Nc5ccccc54)cc3C(F)(F)F)CN2)CC1. The quantitative estimate of drug-likeness (QED) is 0.601. The van der Waals surface area contributed by atoms with Gasteiger partial charge in [-0.3, -0.25) is 9.79 Å². The van der Waals surface area contributed by atoms with Gasteiger partial charge < -0.3 is 10.6 Å². The molecular formula is C23H20BF3N4O3S. The first-order valence-corrected chi connectivity index (χ1v) is 12.6. The van der Waals surface area contributed by atoms with Crippen molar-refractivity contribution in [1.29, 1.82) is 5.26 Å². The summed E-state index contributed by atoms with van der Waals surface area (Å²) >= 11 is 0. The summed E-state index contributed by atoms with van der Waals surface area (Å²) in [6.07, 6.45) is -2.51. The van der Waals surface area contributed by atoms with Gasteiger partial charge in [-0.15, -0.1) is 0 Å². The average Bonchev–Trinajstić information content (AvgIpc) is 3.23. The minimum atomic E-state index is -4.90. The number of amides is 1. The molecule has 2 atom stereocenters. The number of hydrogen-bond donors (Lipinski definition) is 2. The van der Waals surface area contributed by atoms with Gasteiger partial charge in [0.1, 0.15) is 5.54 Å². The molecule has 1 amide bonds. The molecule has 0 aromatic heterocycles. The van der Waals surface area contributed by atoms with Gasteiger partial charge in [0, 0.05) is 6.54 Å². The fraction of sp³-hybridized carbons (Fsp3) is 0.348. The Morgan fingerprint density at radius 1 is 1.23 bits per heavy atom. The number of nitrogens with zero attached hydrogens (tertiary/aromatic N) is 2. The highest BCUT2D eigenvalue weighted by Gasteiger charge is 2.48. The minimum absolute atomic E-state index is 0.165. The van der Waals surface area contributed by atoms with Crippen molar-refractivity contribution in [3.63, 3.8) is 0 Å². The number of para-hydroxylation sites is 1. The Morgan fingerprint density at radius 3 is 2.66 bits per heavy atom. The summed E-state index contributed by atoms with van der Waals surface area (Å²) in [6, 6.07) is 11.5. The highest BCUT2D eigenvalue weighted by Crippen LogP contribution is 2.37. The number of rotatable bonds is 5. The lowest BCUT2D eigenvalue weighted by Gasteiger charge is -2.19. The van der Waals surface area contributed by atoms with Crippen LogP contribution in [-0.2, 0) is 20.8 Å². The van der Waals surface area contributed by atoms with Gasteiger partial charge in [0.2, 0.25) is 5.91 Å². The molecule has 3 aliphatic rings. The Kier molecular flexibility index (Phi) is 5.53. The summed E-state index contributed by atoms with van der Waals surface area (Å²) < 4.78 is 68.8. The number of hydrogen-bond acceptors (Lipinski definition) is 6. The van der Waals surface area contributed by atoms with Crippen LogP contribution in [0.25, 0.3) is 0 Å². The molecule has 0 radical (unpaired) electrons. The predicted octanol–water partition coefficient (Wildman–Crippen LogP) is 1.25. The zero-order chi connectivity index (χ0) is 25.0. The van der Waals surface area contributed by atoms with E-state index in [1.807, 2.05) is 6.07 Å². The van der Waals surface area contributed by atoms with E-state index in [4.69, 9.17) is 5.26 Å². The molecule has 0 spiro atoms. The third-order valence-electron chi connectivity index (χ3n) is 6.78. The minimum Gasteiger partial charge on any atom is -0.336 e. The van der Waals surface area contributed by atoms with E-state index >= 15 is 0 Å². The Hall–Kier alpha value is -3.17. The summed E-state index contributed by atoms with van der Waals surface area (Å²) in [7, 11) is -4.41. The van der Waals surface area contributed by atoms with Crippen molar-refractivity contribution >= 4 is 45.2 Å². The number of sulfone groups is 1. The van der Waals surface area contributed by atoms with Gasteiger partial charge in [-0.05, 0) is 43.0 Å². The molecule has 35 heavy (non-hydrogen) atoms. The van der Waals surface area contributed by atoms with E-state index in [2.05, 4.69) is 15.6 Å². The summed E-state index contributed by atoms with van der Waals surface area (Å²) in [5.41, 5.74) is -0.457. The zero-order valence-corrected chi connectivity index (χ0v) is 19.2. The van der Waals surface area contributed by atoms with E-state index in [1.54, 1.807) is 30.4 Å². The van der Waals surface area contributed by atoms with E-state index in [0.717, 1.165) is 17.6 Å². The number of nitrogens with one attached hydrogen (secondary N) is 2. The first kappa shape index (κ1) is 23.6. The van der Waals surface area contributed by atoms with Crippen LogP contribution in [0, 0.1) is 11.3 Å². The highest BCUT2D eigenvalue weighted by atomic mass is 32.2. The van der Waals surface area contributed by atoms with Crippen molar-refractivity contribution in [3.05, 3.63) is 48.0 Å². The fourth-order valence-corrected chi connectivity index (χ4v) is 6.47. The Balaban J connectivity index is 1.42. The van der Waals surface area contributed by atoms with Crippen molar-refractivity contribution < 1.29 is 26.4 Å². The topological polar surface area (TPSA) is 111 Å². The number of fused-ring (bicyclic) bond motifs is 1. The van der Waals surface area contributed by atoms with E-state index in [9.17, 15) is 26.4 Å². The molecule has 7 nitrogen and oxygen atoms in total. The lowest BCUT2D eigenvalue weighted by molar-refractivity contribution is -0.139. The van der Waals surface area contributed by atoms with Gasteiger partial charge in [-0.1, -0.05) is 35.8 Å². The van der Waals surface area contributed by atoms with Crippen LogP contribution < -0.4 is 21.6 Å². The molecule has 1 aliphatic carbocycles. The van der Waals surface area contributed by atoms with Crippen LogP contribution in [0.4, 0.5) is 18.9 Å². The summed E-state index contributed by atoms with van der Waals surface area (Å²) in [6.45, 7) is -0.679. The van der Waals surface area contributed by atoms with Gasteiger partial charge >= 0.3 is 6.18 Å². The van der Waals surface area contributed by atoms with Gasteiger partial charge in [0.05, 0.1) is 33.5 Å². The Morgan fingerprint density at radius 2 is 1.97 bits per heavy atom. The van der Waals surface area contributed by atoms with Gasteiger partial charge in [0.25, 0.3) is 6.71 Å². The molecule has 2 fully saturated rings. The summed E-state index contributed by atoms with van der Waals surface area (Å²) in [5.74, 6) is -0.521. The summed E-state index contributed by atoms with van der Waals surface area (Å²) in [5, 5.41) is 13.3. The first-order valence-electron chi connectivity index (χ1n) is 11.1. The maximum atomic E-state index is 14.1. The Bertz CT molecular complexity index is 1380. The number of aliphatic imine (C=N–C) groups is 1. The maximum absolute atomic E-state index is 14.1. The lowest BCUT2D eigenvalue weighted by Crippen LogP contribution is -2.45. The second-order valence-electron chi connectivity index (χ2n) is 9.11. The number of benzene rings is 2. The van der Waals surface area contributed by atoms with E-state index < -0.39 is 55.9 Å². The third-order valence-corrected chi connectivity index (χ3v) is 8.99. The second kappa shape index (κ2) is 8.21. The molecule has 1 saturated carbocycles. The molecule has 1 saturated heterocycles. The molecule has 2 aromatic rings. The van der Waals surface area contributed by atoms with Crippen molar-refractivity contribution in [2.24, 2.45) is 4.99 Å². The monoisotopic (exact) mass is 500 g/mol. The van der Waals surface area contributed by atoms with Crippen LogP contribution in [0.3, 0.4) is 0 Å². The first-order chi connectivity index (χ1) is 16.5. The van der Waals surface area contributed by atoms with Crippen molar-refractivity contribution in [3.8, 4) is 6.07 Å². The molecule has 2 N–H and O–H groups in total. The molecule has 2 heterocycles. The summed E-state index contributed by atoms with van der Waals surface area (Å²) in [4.78, 5) is 15.9.